The summed E-state index contributed by atoms with van der Waals surface area (Å²) in [6, 6.07) is 0. The van der Waals surface area contributed by atoms with Gasteiger partial charge < -0.3 is 5.32 Å². The summed E-state index contributed by atoms with van der Waals surface area (Å²) in [6.45, 7) is 3.91. The predicted molar refractivity (Wildman–Crippen MR) is 45.7 cm³/mol. The smallest absolute Gasteiger partial charge is 0.225 e. The minimum absolute atomic E-state index is 0.0795. The van der Waals surface area contributed by atoms with Crippen LogP contribution in [0, 0.1) is 6.92 Å². The summed E-state index contributed by atoms with van der Waals surface area (Å²) in [4.78, 5) is 11.0. The van der Waals surface area contributed by atoms with E-state index in [2.05, 4.69) is 12.2 Å². The third-order valence-corrected chi connectivity index (χ3v) is 2.60. The fourth-order valence-corrected chi connectivity index (χ4v) is 2.12. The Labute approximate surface area is 69.2 Å². The first-order chi connectivity index (χ1) is 5.27. The van der Waals surface area contributed by atoms with Crippen molar-refractivity contribution in [2.24, 2.45) is 0 Å². The largest absolute Gasteiger partial charge is 0.325 e. The SMILES string of the molecule is [CH2]C1CC(=O)Nc2cscc21. The fourth-order valence-electron chi connectivity index (χ4n) is 1.26. The van der Waals surface area contributed by atoms with Crippen LogP contribution in [0.4, 0.5) is 5.69 Å². The van der Waals surface area contributed by atoms with E-state index >= 15 is 0 Å². The van der Waals surface area contributed by atoms with Gasteiger partial charge in [0.25, 0.3) is 0 Å². The lowest BCUT2D eigenvalue weighted by Crippen LogP contribution is -2.20. The molecule has 1 radical (unpaired) electrons. The Kier molecular flexibility index (Phi) is 1.46. The minimum Gasteiger partial charge on any atom is -0.325 e. The zero-order chi connectivity index (χ0) is 7.84. The van der Waals surface area contributed by atoms with Crippen molar-refractivity contribution in [1.29, 1.82) is 0 Å². The van der Waals surface area contributed by atoms with Crippen molar-refractivity contribution in [2.45, 2.75) is 12.3 Å². The maximum absolute atomic E-state index is 11.0. The molecule has 1 amide bonds. The van der Waals surface area contributed by atoms with Crippen LogP contribution in [0.3, 0.4) is 0 Å². The lowest BCUT2D eigenvalue weighted by molar-refractivity contribution is -0.116. The highest BCUT2D eigenvalue weighted by Crippen LogP contribution is 2.33. The maximum Gasteiger partial charge on any atom is 0.225 e. The number of amides is 1. The minimum atomic E-state index is 0.0795. The molecule has 1 N–H and O–H groups in total. The zero-order valence-electron chi connectivity index (χ0n) is 5.96. The third kappa shape index (κ3) is 1.05. The lowest BCUT2D eigenvalue weighted by Gasteiger charge is -2.18. The zero-order valence-corrected chi connectivity index (χ0v) is 6.78. The molecule has 1 aliphatic rings. The van der Waals surface area contributed by atoms with E-state index in [4.69, 9.17) is 0 Å². The van der Waals surface area contributed by atoms with Crippen LogP contribution in [-0.2, 0) is 4.79 Å². The maximum atomic E-state index is 11.0. The van der Waals surface area contributed by atoms with E-state index < -0.39 is 0 Å². The molecule has 2 nitrogen and oxygen atoms in total. The summed E-state index contributed by atoms with van der Waals surface area (Å²) in [5.41, 5.74) is 2.13. The van der Waals surface area contributed by atoms with E-state index in [9.17, 15) is 4.79 Å². The Bertz CT molecular complexity index is 292. The van der Waals surface area contributed by atoms with Crippen LogP contribution in [-0.4, -0.2) is 5.91 Å². The number of carbonyl (C=O) groups excluding carboxylic acids is 1. The van der Waals surface area contributed by atoms with Crippen molar-refractivity contribution in [3.63, 3.8) is 0 Å². The number of nitrogens with one attached hydrogen (secondary N) is 1. The highest BCUT2D eigenvalue weighted by molar-refractivity contribution is 7.08. The van der Waals surface area contributed by atoms with Gasteiger partial charge in [0.15, 0.2) is 0 Å². The van der Waals surface area contributed by atoms with Gasteiger partial charge in [0.05, 0.1) is 5.69 Å². The van der Waals surface area contributed by atoms with Crippen molar-refractivity contribution in [2.75, 3.05) is 5.32 Å². The van der Waals surface area contributed by atoms with Crippen LogP contribution < -0.4 is 5.32 Å². The molecule has 1 atom stereocenters. The average Bonchev–Trinajstić information content (AvgIpc) is 2.34. The molecular formula is C8H8NOS. The average molecular weight is 166 g/mol. The highest BCUT2D eigenvalue weighted by atomic mass is 32.1. The van der Waals surface area contributed by atoms with Crippen LogP contribution in [0.25, 0.3) is 0 Å². The van der Waals surface area contributed by atoms with Gasteiger partial charge in [-0.25, -0.2) is 0 Å². The number of hydrogen-bond donors (Lipinski definition) is 1. The summed E-state index contributed by atoms with van der Waals surface area (Å²) in [6.07, 6.45) is 0.518. The van der Waals surface area contributed by atoms with Gasteiger partial charge in [-0.3, -0.25) is 4.79 Å². The van der Waals surface area contributed by atoms with Crippen molar-refractivity contribution in [3.05, 3.63) is 23.2 Å². The molecule has 3 heteroatoms. The molecule has 1 aromatic heterocycles. The molecule has 0 aromatic carbocycles. The van der Waals surface area contributed by atoms with E-state index in [1.54, 1.807) is 11.3 Å². The monoisotopic (exact) mass is 166 g/mol. The second-order valence-electron chi connectivity index (χ2n) is 2.69. The van der Waals surface area contributed by atoms with Gasteiger partial charge in [0.1, 0.15) is 0 Å². The van der Waals surface area contributed by atoms with Gasteiger partial charge in [-0.1, -0.05) is 0 Å². The second-order valence-corrected chi connectivity index (χ2v) is 3.43. The van der Waals surface area contributed by atoms with Crippen LogP contribution >= 0.6 is 11.3 Å². The Balaban J connectivity index is 2.43. The summed E-state index contributed by atoms with van der Waals surface area (Å²) < 4.78 is 0. The molecule has 0 saturated heterocycles. The molecule has 0 spiro atoms. The highest BCUT2D eigenvalue weighted by Gasteiger charge is 2.21. The predicted octanol–water partition coefficient (Wildman–Crippen LogP) is 2.01. The summed E-state index contributed by atoms with van der Waals surface area (Å²) >= 11 is 1.61. The lowest BCUT2D eigenvalue weighted by atomic mass is 9.96. The second kappa shape index (κ2) is 2.34. The van der Waals surface area contributed by atoms with E-state index in [-0.39, 0.29) is 11.8 Å². The van der Waals surface area contributed by atoms with Crippen molar-refractivity contribution < 1.29 is 4.79 Å². The number of hydrogen-bond acceptors (Lipinski definition) is 2. The Morgan fingerprint density at radius 1 is 1.64 bits per heavy atom. The van der Waals surface area contributed by atoms with Gasteiger partial charge in [-0.05, 0) is 23.8 Å². The number of rotatable bonds is 0. The molecular weight excluding hydrogens is 158 g/mol. The van der Waals surface area contributed by atoms with Gasteiger partial charge >= 0.3 is 0 Å². The number of carbonyl (C=O) groups is 1. The van der Waals surface area contributed by atoms with Gasteiger partial charge in [-0.15, -0.1) is 11.3 Å². The number of thiophene rings is 1. The van der Waals surface area contributed by atoms with Crippen LogP contribution in [0.15, 0.2) is 10.8 Å². The fraction of sp³-hybridized carbons (Fsp3) is 0.250. The third-order valence-electron chi connectivity index (χ3n) is 1.84. The van der Waals surface area contributed by atoms with E-state index in [1.807, 2.05) is 10.8 Å². The number of fused-ring (bicyclic) bond motifs is 1. The molecule has 0 fully saturated rings. The normalized spacial score (nSPS) is 22.6. The molecule has 0 bridgehead atoms. The summed E-state index contributed by atoms with van der Waals surface area (Å²) in [5, 5.41) is 6.80. The van der Waals surface area contributed by atoms with E-state index in [1.165, 1.54) is 5.56 Å². The van der Waals surface area contributed by atoms with Gasteiger partial charge in [-0.2, -0.15) is 0 Å². The molecule has 57 valence electrons. The molecule has 0 aliphatic carbocycles. The van der Waals surface area contributed by atoms with Gasteiger partial charge in [0.2, 0.25) is 5.91 Å². The van der Waals surface area contributed by atoms with E-state index in [0.717, 1.165) is 5.69 Å². The summed E-state index contributed by atoms with van der Waals surface area (Å²) in [7, 11) is 0. The first kappa shape index (κ1) is 6.85. The van der Waals surface area contributed by atoms with Crippen LogP contribution in [0.1, 0.15) is 17.9 Å². The topological polar surface area (TPSA) is 29.1 Å². The standard InChI is InChI=1S/C8H8NOS/c1-5-2-8(10)9-7-4-11-3-6(5)7/h3-5H,1-2H2,(H,9,10). The van der Waals surface area contributed by atoms with Crippen molar-refractivity contribution in [1.82, 2.24) is 0 Å². The molecule has 0 saturated carbocycles. The van der Waals surface area contributed by atoms with E-state index in [0.29, 0.717) is 6.42 Å². The molecule has 11 heavy (non-hydrogen) atoms. The first-order valence-corrected chi connectivity index (χ1v) is 4.40. The van der Waals surface area contributed by atoms with Crippen LogP contribution in [0.2, 0.25) is 0 Å². The molecule has 1 aromatic rings. The number of anilines is 1. The Morgan fingerprint density at radius 3 is 3.27 bits per heavy atom. The molecule has 2 heterocycles. The summed E-state index contributed by atoms with van der Waals surface area (Å²) in [5.74, 6) is 0.223. The Morgan fingerprint density at radius 2 is 2.45 bits per heavy atom. The molecule has 1 unspecified atom stereocenters. The quantitative estimate of drug-likeness (QED) is 0.627. The Hall–Kier alpha value is -0.830. The van der Waals surface area contributed by atoms with Crippen molar-refractivity contribution in [3.8, 4) is 0 Å². The molecule has 2 rings (SSSR count). The van der Waals surface area contributed by atoms with Crippen molar-refractivity contribution >= 4 is 22.9 Å². The molecule has 1 aliphatic heterocycles. The van der Waals surface area contributed by atoms with Gasteiger partial charge in [0, 0.05) is 11.8 Å². The first-order valence-electron chi connectivity index (χ1n) is 3.46. The van der Waals surface area contributed by atoms with Crippen LogP contribution in [0.5, 0.6) is 0 Å².